The monoisotopic (exact) mass is 538 g/mol. The van der Waals surface area contributed by atoms with Crippen LogP contribution in [-0.2, 0) is 30.5 Å². The van der Waals surface area contributed by atoms with E-state index in [1.54, 1.807) is 19.1 Å². The molecule has 2 amide bonds. The van der Waals surface area contributed by atoms with Crippen LogP contribution in [0.2, 0.25) is 0 Å². The molecular formula is C23H30N4O5S3. The van der Waals surface area contributed by atoms with Crippen molar-refractivity contribution in [3.8, 4) is 0 Å². The predicted octanol–water partition coefficient (Wildman–Crippen LogP) is 2.69. The molecule has 0 aliphatic carbocycles. The number of ether oxygens (including phenoxy) is 1. The van der Waals surface area contributed by atoms with Gasteiger partial charge in [0, 0.05) is 23.8 Å². The first kappa shape index (κ1) is 27.4. The van der Waals surface area contributed by atoms with Crippen LogP contribution in [0.3, 0.4) is 0 Å². The third-order valence-electron chi connectivity index (χ3n) is 5.34. The van der Waals surface area contributed by atoms with Crippen molar-refractivity contribution in [2.24, 2.45) is 10.9 Å². The fraction of sp³-hybridized carbons (Fsp3) is 0.565. The minimum Gasteiger partial charge on any atom is -0.456 e. The zero-order valence-electron chi connectivity index (χ0n) is 20.2. The average Bonchev–Trinajstić information content (AvgIpc) is 3.42. The maximum atomic E-state index is 13.2. The fourth-order valence-electron chi connectivity index (χ4n) is 3.35. The van der Waals surface area contributed by atoms with Crippen LogP contribution in [0.4, 0.5) is 0 Å². The summed E-state index contributed by atoms with van der Waals surface area (Å²) in [5.41, 5.74) is -0.354. The van der Waals surface area contributed by atoms with Crippen molar-refractivity contribution >= 4 is 62.8 Å². The average molecular weight is 539 g/mol. The lowest BCUT2D eigenvalue weighted by Crippen LogP contribution is -2.53. The van der Waals surface area contributed by atoms with E-state index < -0.39 is 23.7 Å². The van der Waals surface area contributed by atoms with Crippen LogP contribution in [0.1, 0.15) is 51.2 Å². The molecule has 1 aromatic heterocycles. The molecule has 0 saturated carbocycles. The van der Waals surface area contributed by atoms with Crippen molar-refractivity contribution in [2.75, 3.05) is 11.5 Å². The Morgan fingerprint density at radius 2 is 2.14 bits per heavy atom. The molecule has 12 heteroatoms. The number of nitrogens with zero attached hydrogens (tertiary/aromatic N) is 2. The van der Waals surface area contributed by atoms with Crippen LogP contribution in [0, 0.1) is 5.92 Å². The van der Waals surface area contributed by atoms with Gasteiger partial charge >= 0.3 is 5.97 Å². The van der Waals surface area contributed by atoms with Gasteiger partial charge in [0.15, 0.2) is 5.12 Å². The molecule has 3 heterocycles. The third kappa shape index (κ3) is 7.65. The van der Waals surface area contributed by atoms with E-state index in [0.29, 0.717) is 33.7 Å². The van der Waals surface area contributed by atoms with E-state index in [2.05, 4.69) is 20.6 Å². The number of hydrogen-bond acceptors (Lipinski definition) is 10. The third-order valence-corrected chi connectivity index (χ3v) is 8.31. The lowest BCUT2D eigenvalue weighted by molar-refractivity contribution is -0.153. The van der Waals surface area contributed by atoms with Crippen molar-refractivity contribution in [3.63, 3.8) is 0 Å². The molecule has 1 unspecified atom stereocenters. The first-order valence-electron chi connectivity index (χ1n) is 11.3. The quantitative estimate of drug-likeness (QED) is 0.333. The van der Waals surface area contributed by atoms with Gasteiger partial charge in [-0.05, 0) is 25.3 Å². The van der Waals surface area contributed by atoms with Crippen LogP contribution in [0.5, 0.6) is 0 Å². The summed E-state index contributed by atoms with van der Waals surface area (Å²) in [6.07, 6.45) is 3.16. The summed E-state index contributed by atoms with van der Waals surface area (Å²) >= 11 is 4.05. The number of aromatic nitrogens is 1. The van der Waals surface area contributed by atoms with Crippen LogP contribution >= 0.6 is 34.9 Å². The van der Waals surface area contributed by atoms with Gasteiger partial charge in [-0.25, -0.2) is 9.78 Å². The van der Waals surface area contributed by atoms with Crippen molar-refractivity contribution in [3.05, 3.63) is 28.2 Å². The highest BCUT2D eigenvalue weighted by molar-refractivity contribution is 8.14. The number of allylic oxidation sites excluding steroid dienone is 1. The Balaban J connectivity index is 1.84. The van der Waals surface area contributed by atoms with Gasteiger partial charge in [0.1, 0.15) is 33.4 Å². The Labute approximate surface area is 217 Å². The van der Waals surface area contributed by atoms with E-state index in [9.17, 15) is 19.2 Å². The molecule has 2 N–H and O–H groups in total. The molecule has 190 valence electrons. The summed E-state index contributed by atoms with van der Waals surface area (Å²) in [7, 11) is 0. The van der Waals surface area contributed by atoms with E-state index in [1.807, 2.05) is 19.2 Å². The first-order chi connectivity index (χ1) is 16.6. The Hall–Kier alpha value is -2.18. The number of hydrogen-bond donors (Lipinski definition) is 2. The van der Waals surface area contributed by atoms with E-state index in [0.717, 1.165) is 0 Å². The lowest BCUT2D eigenvalue weighted by Gasteiger charge is -2.27. The molecule has 3 rings (SSSR count). The number of esters is 1. The molecule has 3 atom stereocenters. The van der Waals surface area contributed by atoms with Crippen molar-refractivity contribution in [1.82, 2.24) is 15.6 Å². The summed E-state index contributed by atoms with van der Waals surface area (Å²) in [4.78, 5) is 59.2. The normalized spacial score (nSPS) is 25.9. The molecule has 4 bridgehead atoms. The SMILES string of the molecule is CC(=O)SCC/C=C/C1CC(=O)NCc2nc(cs2)C2=N[C@](C)(CS2)C(=O)N[C@@H](C(C)C)C(=O)O1. The number of amides is 2. The van der Waals surface area contributed by atoms with Crippen LogP contribution in [0.25, 0.3) is 0 Å². The van der Waals surface area contributed by atoms with Gasteiger partial charge in [0.2, 0.25) is 11.8 Å². The molecule has 1 aromatic rings. The van der Waals surface area contributed by atoms with Gasteiger partial charge in [0.25, 0.3) is 0 Å². The summed E-state index contributed by atoms with van der Waals surface area (Å²) in [5, 5.41) is 8.93. The Morgan fingerprint density at radius 3 is 2.86 bits per heavy atom. The zero-order valence-corrected chi connectivity index (χ0v) is 22.6. The van der Waals surface area contributed by atoms with E-state index in [4.69, 9.17) is 4.74 Å². The minimum atomic E-state index is -1.03. The standard InChI is InChI=1S/C23H30N4O5S3/c1-13(2)19-21(30)32-15(7-5-6-8-33-14(3)28)9-17(29)24-10-18-25-16(11-34-18)20-27-23(4,12-35-20)22(31)26-19/h5,7,11,13,15,19H,6,8-10,12H2,1-4H3,(H,24,29)(H,26,31)/b7-5+/t15?,19-,23+/m0/s1. The topological polar surface area (TPSA) is 127 Å². The van der Waals surface area contributed by atoms with E-state index >= 15 is 0 Å². The predicted molar refractivity (Wildman–Crippen MR) is 140 cm³/mol. The molecule has 0 spiro atoms. The summed E-state index contributed by atoms with van der Waals surface area (Å²) in [5.74, 6) is -0.472. The molecule has 9 nitrogen and oxygen atoms in total. The number of thioether (sulfide) groups is 2. The Bertz CT molecular complexity index is 1040. The highest BCUT2D eigenvalue weighted by Crippen LogP contribution is 2.32. The fourth-order valence-corrected chi connectivity index (χ4v) is 5.82. The number of fused-ring (bicyclic) bond motifs is 4. The number of carbonyl (C=O) groups excluding carboxylic acids is 4. The second kappa shape index (κ2) is 12.2. The van der Waals surface area contributed by atoms with Crippen molar-refractivity contribution < 1.29 is 23.9 Å². The summed E-state index contributed by atoms with van der Waals surface area (Å²) in [6, 6.07) is -0.894. The van der Waals surface area contributed by atoms with E-state index in [-0.39, 0.29) is 35.8 Å². The second-order valence-electron chi connectivity index (χ2n) is 8.81. The highest BCUT2D eigenvalue weighted by atomic mass is 32.2. The van der Waals surface area contributed by atoms with Crippen LogP contribution < -0.4 is 10.6 Å². The molecule has 35 heavy (non-hydrogen) atoms. The second-order valence-corrected chi connectivity index (χ2v) is 12.0. The molecule has 2 aliphatic heterocycles. The number of cyclic esters (lactones) is 1. The van der Waals surface area contributed by atoms with Crippen molar-refractivity contribution in [2.45, 2.75) is 64.8 Å². The van der Waals surface area contributed by atoms with Crippen molar-refractivity contribution in [1.29, 1.82) is 0 Å². The van der Waals surface area contributed by atoms with Crippen LogP contribution in [-0.4, -0.2) is 62.1 Å². The van der Waals surface area contributed by atoms with Gasteiger partial charge in [-0.3, -0.25) is 19.4 Å². The Kier molecular flexibility index (Phi) is 9.54. The Morgan fingerprint density at radius 1 is 1.37 bits per heavy atom. The maximum absolute atomic E-state index is 13.2. The van der Waals surface area contributed by atoms with Gasteiger partial charge in [0.05, 0.1) is 13.0 Å². The number of rotatable bonds is 5. The number of aliphatic imine (C=N–C) groups is 1. The number of nitrogens with one attached hydrogen (secondary N) is 2. The van der Waals surface area contributed by atoms with Gasteiger partial charge in [-0.15, -0.1) is 23.1 Å². The molecule has 0 saturated heterocycles. The molecule has 2 aliphatic rings. The lowest BCUT2D eigenvalue weighted by atomic mass is 10.0. The number of thiazole rings is 1. The van der Waals surface area contributed by atoms with Gasteiger partial charge < -0.3 is 15.4 Å². The summed E-state index contributed by atoms with van der Waals surface area (Å²) < 4.78 is 5.68. The largest absolute Gasteiger partial charge is 0.456 e. The molecular weight excluding hydrogens is 508 g/mol. The van der Waals surface area contributed by atoms with E-state index in [1.165, 1.54) is 41.8 Å². The van der Waals surface area contributed by atoms with Gasteiger partial charge in [-0.2, -0.15) is 0 Å². The highest BCUT2D eigenvalue weighted by Gasteiger charge is 2.41. The van der Waals surface area contributed by atoms with Gasteiger partial charge in [-0.1, -0.05) is 31.7 Å². The summed E-state index contributed by atoms with van der Waals surface area (Å²) in [6.45, 7) is 7.13. The first-order valence-corrected chi connectivity index (χ1v) is 14.2. The molecule has 0 fully saturated rings. The van der Waals surface area contributed by atoms with Crippen LogP contribution in [0.15, 0.2) is 22.5 Å². The molecule has 0 aromatic carbocycles. The smallest absolute Gasteiger partial charge is 0.329 e. The maximum Gasteiger partial charge on any atom is 0.329 e. The zero-order chi connectivity index (χ0) is 25.6. The number of carbonyl (C=O) groups is 4. The minimum absolute atomic E-state index is 0.0283. The molecule has 0 radical (unpaired) electrons.